The van der Waals surface area contributed by atoms with Gasteiger partial charge < -0.3 is 18.6 Å². The lowest BCUT2D eigenvalue weighted by molar-refractivity contribution is -0.870. The number of hydrogen-bond acceptors (Lipinski definition) is 4. The standard InChI is InChI=1S/C48H102N4O2/c1-9-11-13-25-33-45-37-38-46(34-26-21-18-20-24-30-44-54-50-40-32-42-52(6,7)8)48(47(45)35-27-14-12-10-2)36-28-22-17-15-16-19-23-29-43-53-49-39-31-41-51(3,4)5/h45-50H,9-44H2,1-8H3/q+2. The van der Waals surface area contributed by atoms with E-state index in [4.69, 9.17) is 9.68 Å². The van der Waals surface area contributed by atoms with Crippen molar-refractivity contribution in [3.05, 3.63) is 0 Å². The summed E-state index contributed by atoms with van der Waals surface area (Å²) in [5.74, 6) is 4.03. The Labute approximate surface area is 340 Å². The molecular weight excluding hydrogens is 665 g/mol. The van der Waals surface area contributed by atoms with Gasteiger partial charge in [-0.3, -0.25) is 0 Å². The van der Waals surface area contributed by atoms with Crippen LogP contribution in [-0.4, -0.2) is 90.6 Å². The van der Waals surface area contributed by atoms with Gasteiger partial charge >= 0.3 is 0 Å². The summed E-state index contributed by atoms with van der Waals surface area (Å²) in [6, 6.07) is 0. The zero-order valence-electron chi connectivity index (χ0n) is 38.5. The van der Waals surface area contributed by atoms with Crippen LogP contribution in [-0.2, 0) is 9.68 Å². The van der Waals surface area contributed by atoms with Crippen LogP contribution in [0.2, 0.25) is 0 Å². The molecule has 1 saturated carbocycles. The predicted molar refractivity (Wildman–Crippen MR) is 238 cm³/mol. The quantitative estimate of drug-likeness (QED) is 0.0370. The first-order valence-electron chi connectivity index (χ1n) is 24.4. The van der Waals surface area contributed by atoms with Gasteiger partial charge in [0.05, 0.1) is 68.6 Å². The summed E-state index contributed by atoms with van der Waals surface area (Å²) >= 11 is 0. The average Bonchev–Trinajstić information content (AvgIpc) is 3.12. The maximum atomic E-state index is 5.70. The van der Waals surface area contributed by atoms with E-state index in [0.717, 1.165) is 71.8 Å². The van der Waals surface area contributed by atoms with Crippen molar-refractivity contribution in [2.24, 2.45) is 23.7 Å². The molecule has 324 valence electrons. The lowest BCUT2D eigenvalue weighted by Gasteiger charge is -2.44. The molecule has 0 bridgehead atoms. The van der Waals surface area contributed by atoms with Gasteiger partial charge in [-0.2, -0.15) is 0 Å². The summed E-state index contributed by atoms with van der Waals surface area (Å²) in [6.45, 7) is 10.8. The monoisotopic (exact) mass is 767 g/mol. The van der Waals surface area contributed by atoms with E-state index in [1.165, 1.54) is 193 Å². The normalized spacial score (nSPS) is 19.6. The van der Waals surface area contributed by atoms with Gasteiger partial charge in [-0.1, -0.05) is 155 Å². The highest BCUT2D eigenvalue weighted by Crippen LogP contribution is 2.47. The first-order chi connectivity index (χ1) is 26.1. The second kappa shape index (κ2) is 34.8. The predicted octanol–water partition coefficient (Wildman–Crippen LogP) is 12.7. The van der Waals surface area contributed by atoms with Crippen LogP contribution in [0.15, 0.2) is 0 Å². The van der Waals surface area contributed by atoms with Crippen molar-refractivity contribution in [2.45, 2.75) is 206 Å². The maximum Gasteiger partial charge on any atom is 0.0793 e. The molecule has 4 unspecified atom stereocenters. The Bertz CT molecular complexity index is 782. The average molecular weight is 767 g/mol. The van der Waals surface area contributed by atoms with Gasteiger partial charge in [0.15, 0.2) is 0 Å². The molecular formula is C48H102N4O2+2. The Morgan fingerprint density at radius 1 is 0.389 bits per heavy atom. The number of hydrogen-bond donors (Lipinski definition) is 2. The fraction of sp³-hybridized carbons (Fsp3) is 1.00. The minimum atomic E-state index is 0.859. The molecule has 4 atom stereocenters. The van der Waals surface area contributed by atoms with Crippen LogP contribution in [0.5, 0.6) is 0 Å². The second-order valence-corrected chi connectivity index (χ2v) is 19.9. The van der Waals surface area contributed by atoms with Crippen LogP contribution in [0, 0.1) is 23.7 Å². The van der Waals surface area contributed by atoms with Gasteiger partial charge in [0.25, 0.3) is 0 Å². The van der Waals surface area contributed by atoms with Crippen LogP contribution in [0.3, 0.4) is 0 Å². The Kier molecular flexibility index (Phi) is 33.3. The number of nitrogens with one attached hydrogen (secondary N) is 2. The van der Waals surface area contributed by atoms with Crippen LogP contribution in [0.1, 0.15) is 206 Å². The number of hydroxylamine groups is 2. The van der Waals surface area contributed by atoms with Gasteiger partial charge in [-0.15, -0.1) is 0 Å². The van der Waals surface area contributed by atoms with E-state index < -0.39 is 0 Å². The van der Waals surface area contributed by atoms with Gasteiger partial charge in [0.1, 0.15) is 0 Å². The molecule has 1 fully saturated rings. The molecule has 1 aliphatic carbocycles. The van der Waals surface area contributed by atoms with Crippen molar-refractivity contribution in [1.82, 2.24) is 11.0 Å². The lowest BCUT2D eigenvalue weighted by atomic mass is 9.61. The van der Waals surface area contributed by atoms with Crippen LogP contribution >= 0.6 is 0 Å². The maximum absolute atomic E-state index is 5.70. The van der Waals surface area contributed by atoms with E-state index in [9.17, 15) is 0 Å². The zero-order chi connectivity index (χ0) is 39.6. The van der Waals surface area contributed by atoms with Crippen molar-refractivity contribution in [3.63, 3.8) is 0 Å². The molecule has 0 aliphatic heterocycles. The topological polar surface area (TPSA) is 42.5 Å². The molecule has 0 amide bonds. The minimum Gasteiger partial charge on any atom is -0.331 e. The largest absolute Gasteiger partial charge is 0.331 e. The highest BCUT2D eigenvalue weighted by Gasteiger charge is 2.37. The third kappa shape index (κ3) is 31.8. The molecule has 6 nitrogen and oxygen atoms in total. The van der Waals surface area contributed by atoms with Crippen molar-refractivity contribution in [1.29, 1.82) is 0 Å². The Morgan fingerprint density at radius 2 is 0.704 bits per heavy atom. The second-order valence-electron chi connectivity index (χ2n) is 19.9. The summed E-state index contributed by atoms with van der Waals surface area (Å²) in [7, 11) is 13.5. The Balaban J connectivity index is 2.42. The molecule has 54 heavy (non-hydrogen) atoms. The summed E-state index contributed by atoms with van der Waals surface area (Å²) in [5.41, 5.74) is 6.35. The van der Waals surface area contributed by atoms with E-state index in [0.29, 0.717) is 0 Å². The molecule has 0 heterocycles. The molecule has 0 aromatic carbocycles. The van der Waals surface area contributed by atoms with Gasteiger partial charge in [-0.05, 0) is 62.2 Å². The molecule has 0 aromatic rings. The van der Waals surface area contributed by atoms with Crippen molar-refractivity contribution in [2.75, 3.05) is 81.7 Å². The van der Waals surface area contributed by atoms with Gasteiger partial charge in [0.2, 0.25) is 0 Å². The van der Waals surface area contributed by atoms with E-state index >= 15 is 0 Å². The summed E-state index contributed by atoms with van der Waals surface area (Å²) < 4.78 is 2.05. The van der Waals surface area contributed by atoms with Gasteiger partial charge in [0, 0.05) is 25.9 Å². The lowest BCUT2D eigenvalue weighted by Crippen LogP contribution is -2.36. The highest BCUT2D eigenvalue weighted by atomic mass is 16.6. The van der Waals surface area contributed by atoms with Gasteiger partial charge in [-0.25, -0.2) is 11.0 Å². The van der Waals surface area contributed by atoms with E-state index in [-0.39, 0.29) is 0 Å². The van der Waals surface area contributed by atoms with E-state index in [1.807, 2.05) is 0 Å². The number of quaternary nitrogens is 2. The van der Waals surface area contributed by atoms with E-state index in [2.05, 4.69) is 67.1 Å². The Morgan fingerprint density at radius 3 is 1.06 bits per heavy atom. The minimum absolute atomic E-state index is 0.859. The summed E-state index contributed by atoms with van der Waals surface area (Å²) in [5, 5.41) is 0. The Hall–Kier alpha value is -0.240. The smallest absolute Gasteiger partial charge is 0.0793 e. The first-order valence-corrected chi connectivity index (χ1v) is 24.4. The first kappa shape index (κ1) is 51.8. The molecule has 1 rings (SSSR count). The highest BCUT2D eigenvalue weighted by molar-refractivity contribution is 4.88. The van der Waals surface area contributed by atoms with Crippen LogP contribution in [0.4, 0.5) is 0 Å². The third-order valence-corrected chi connectivity index (χ3v) is 12.5. The fourth-order valence-electron chi connectivity index (χ4n) is 9.25. The van der Waals surface area contributed by atoms with Crippen LogP contribution < -0.4 is 11.0 Å². The molecule has 0 saturated heterocycles. The molecule has 0 aromatic heterocycles. The number of nitrogens with zero attached hydrogens (tertiary/aromatic N) is 2. The molecule has 6 heteroatoms. The third-order valence-electron chi connectivity index (χ3n) is 12.5. The molecule has 0 radical (unpaired) electrons. The van der Waals surface area contributed by atoms with Crippen molar-refractivity contribution >= 4 is 0 Å². The summed E-state index contributed by atoms with van der Waals surface area (Å²) in [6.07, 6.45) is 42.3. The van der Waals surface area contributed by atoms with E-state index in [1.54, 1.807) is 0 Å². The molecule has 0 spiro atoms. The zero-order valence-corrected chi connectivity index (χ0v) is 38.5. The SMILES string of the molecule is CCCCCCC1CCC(CCCCCCCCONCCC[N+](C)(C)C)C(CCCCCCCCCCONCCC[N+](C)(C)C)C1CCCCCC. The number of rotatable bonds is 40. The summed E-state index contributed by atoms with van der Waals surface area (Å²) in [4.78, 5) is 11.4. The number of unbranched alkanes of at least 4 members (excludes halogenated alkanes) is 18. The van der Waals surface area contributed by atoms with Crippen LogP contribution in [0.25, 0.3) is 0 Å². The fourth-order valence-corrected chi connectivity index (χ4v) is 9.25. The van der Waals surface area contributed by atoms with Crippen molar-refractivity contribution in [3.8, 4) is 0 Å². The molecule has 2 N–H and O–H groups in total. The van der Waals surface area contributed by atoms with Crippen molar-refractivity contribution < 1.29 is 18.6 Å². The molecule has 1 aliphatic rings.